The zero-order valence-electron chi connectivity index (χ0n) is 18.8. The summed E-state index contributed by atoms with van der Waals surface area (Å²) in [4.78, 5) is 28.1. The topological polar surface area (TPSA) is 49.4 Å². The largest absolute Gasteiger partial charge is 0.355 e. The molecule has 0 bridgehead atoms. The van der Waals surface area contributed by atoms with Gasteiger partial charge in [-0.25, -0.2) is 8.78 Å². The molecule has 1 spiro atoms. The molecule has 6 heteroatoms. The van der Waals surface area contributed by atoms with Crippen LogP contribution < -0.4 is 5.32 Å². The van der Waals surface area contributed by atoms with E-state index < -0.39 is 5.41 Å². The number of amides is 2. The SMILES string of the molecule is O=C1CC2(CCN(C(=O)C3(c4ccccc4F)CCCC3)CC2)[C@H](c2cccc(F)c2)CN1. The zero-order valence-corrected chi connectivity index (χ0v) is 18.8. The van der Waals surface area contributed by atoms with E-state index in [0.717, 1.165) is 18.4 Å². The lowest BCUT2D eigenvalue weighted by atomic mass is 9.62. The third-order valence-corrected chi connectivity index (χ3v) is 8.31. The number of rotatable bonds is 3. The van der Waals surface area contributed by atoms with Gasteiger partial charge >= 0.3 is 0 Å². The molecule has 1 aliphatic carbocycles. The molecule has 2 heterocycles. The van der Waals surface area contributed by atoms with Crippen molar-refractivity contribution in [1.82, 2.24) is 10.2 Å². The molecule has 3 aliphatic rings. The smallest absolute Gasteiger partial charge is 0.233 e. The van der Waals surface area contributed by atoms with Crippen LogP contribution in [0, 0.1) is 17.0 Å². The van der Waals surface area contributed by atoms with Crippen LogP contribution in [0.15, 0.2) is 48.5 Å². The summed E-state index contributed by atoms with van der Waals surface area (Å²) < 4.78 is 28.7. The molecule has 2 amide bonds. The number of halogens is 2. The van der Waals surface area contributed by atoms with E-state index in [2.05, 4.69) is 5.32 Å². The van der Waals surface area contributed by atoms with Crippen molar-refractivity contribution in [2.75, 3.05) is 19.6 Å². The Labute approximate surface area is 193 Å². The van der Waals surface area contributed by atoms with Gasteiger partial charge in [0, 0.05) is 37.5 Å². The molecule has 0 aromatic heterocycles. The molecule has 2 aromatic rings. The van der Waals surface area contributed by atoms with Crippen LogP contribution in [-0.2, 0) is 15.0 Å². The van der Waals surface area contributed by atoms with Gasteiger partial charge in [0.15, 0.2) is 0 Å². The van der Waals surface area contributed by atoms with Crippen molar-refractivity contribution in [3.63, 3.8) is 0 Å². The Hall–Kier alpha value is -2.76. The molecule has 2 aliphatic heterocycles. The Morgan fingerprint density at radius 3 is 2.39 bits per heavy atom. The minimum absolute atomic E-state index is 0.00941. The van der Waals surface area contributed by atoms with Gasteiger partial charge in [-0.15, -0.1) is 0 Å². The van der Waals surface area contributed by atoms with Crippen molar-refractivity contribution in [2.24, 2.45) is 5.41 Å². The van der Waals surface area contributed by atoms with Crippen molar-refractivity contribution in [2.45, 2.75) is 56.3 Å². The number of piperidine rings is 2. The van der Waals surface area contributed by atoms with Crippen molar-refractivity contribution in [3.05, 3.63) is 71.3 Å². The summed E-state index contributed by atoms with van der Waals surface area (Å²) in [6.07, 6.45) is 4.92. The zero-order chi connectivity index (χ0) is 23.1. The number of hydrogen-bond donors (Lipinski definition) is 1. The number of nitrogens with one attached hydrogen (secondary N) is 1. The van der Waals surface area contributed by atoms with Gasteiger partial charge in [0.05, 0.1) is 5.41 Å². The fourth-order valence-electron chi connectivity index (χ4n) is 6.54. The van der Waals surface area contributed by atoms with Gasteiger partial charge in [0.1, 0.15) is 11.6 Å². The van der Waals surface area contributed by atoms with E-state index in [1.807, 2.05) is 11.0 Å². The molecular weight excluding hydrogens is 422 g/mol. The molecule has 174 valence electrons. The summed E-state index contributed by atoms with van der Waals surface area (Å²) in [6, 6.07) is 13.3. The molecule has 3 fully saturated rings. The van der Waals surface area contributed by atoms with Crippen molar-refractivity contribution >= 4 is 11.8 Å². The second-order valence-corrected chi connectivity index (χ2v) is 10.0. The highest BCUT2D eigenvalue weighted by Crippen LogP contribution is 2.50. The highest BCUT2D eigenvalue weighted by Gasteiger charge is 2.51. The van der Waals surface area contributed by atoms with E-state index in [4.69, 9.17) is 0 Å². The Kier molecular flexibility index (Phi) is 5.71. The van der Waals surface area contributed by atoms with E-state index >= 15 is 0 Å². The van der Waals surface area contributed by atoms with Crippen molar-refractivity contribution < 1.29 is 18.4 Å². The molecule has 2 saturated heterocycles. The molecule has 0 radical (unpaired) electrons. The number of carbonyl (C=O) groups is 2. The van der Waals surface area contributed by atoms with Crippen LogP contribution in [-0.4, -0.2) is 36.3 Å². The van der Waals surface area contributed by atoms with E-state index in [1.165, 1.54) is 12.1 Å². The highest BCUT2D eigenvalue weighted by atomic mass is 19.1. The molecule has 4 nitrogen and oxygen atoms in total. The van der Waals surface area contributed by atoms with Gasteiger partial charge in [-0.3, -0.25) is 9.59 Å². The number of carbonyl (C=O) groups excluding carboxylic acids is 2. The first-order valence-electron chi connectivity index (χ1n) is 12.0. The maximum atomic E-state index is 14.8. The lowest BCUT2D eigenvalue weighted by molar-refractivity contribution is -0.141. The minimum atomic E-state index is -0.790. The van der Waals surface area contributed by atoms with Crippen LogP contribution in [0.2, 0.25) is 0 Å². The van der Waals surface area contributed by atoms with E-state index in [1.54, 1.807) is 30.3 Å². The lowest BCUT2D eigenvalue weighted by Gasteiger charge is -2.50. The molecule has 1 atom stereocenters. The van der Waals surface area contributed by atoms with E-state index in [9.17, 15) is 18.4 Å². The summed E-state index contributed by atoms with van der Waals surface area (Å²) in [5.74, 6) is -0.546. The van der Waals surface area contributed by atoms with Crippen LogP contribution in [0.1, 0.15) is 62.0 Å². The molecule has 5 rings (SSSR count). The van der Waals surface area contributed by atoms with Gasteiger partial charge in [-0.1, -0.05) is 43.2 Å². The quantitative estimate of drug-likeness (QED) is 0.735. The standard InChI is InChI=1S/C27H30F2N2O2/c28-20-7-5-6-19(16-20)22-18-30-24(32)17-26(22)12-14-31(15-13-26)25(33)27(10-3-4-11-27)21-8-1-2-9-23(21)29/h1-2,5-9,16,22H,3-4,10-15,17-18H2,(H,30,32)/t22-/m0/s1. The first-order chi connectivity index (χ1) is 15.9. The van der Waals surface area contributed by atoms with Gasteiger partial charge in [0.25, 0.3) is 0 Å². The van der Waals surface area contributed by atoms with Gasteiger partial charge in [-0.05, 0) is 54.9 Å². The average Bonchev–Trinajstić information content (AvgIpc) is 3.30. The highest BCUT2D eigenvalue weighted by molar-refractivity contribution is 5.89. The Bertz CT molecular complexity index is 1060. The second kappa shape index (κ2) is 8.54. The molecular formula is C27H30F2N2O2. The average molecular weight is 453 g/mol. The number of hydrogen-bond acceptors (Lipinski definition) is 2. The maximum absolute atomic E-state index is 14.8. The first kappa shape index (κ1) is 22.1. The summed E-state index contributed by atoms with van der Waals surface area (Å²) in [7, 11) is 0. The monoisotopic (exact) mass is 452 g/mol. The predicted octanol–water partition coefficient (Wildman–Crippen LogP) is 4.69. The Balaban J connectivity index is 1.39. The normalized spacial score (nSPS) is 24.0. The molecule has 2 aromatic carbocycles. The number of nitrogens with zero attached hydrogens (tertiary/aromatic N) is 1. The summed E-state index contributed by atoms with van der Waals surface area (Å²) in [6.45, 7) is 1.55. The fraction of sp³-hybridized carbons (Fsp3) is 0.481. The van der Waals surface area contributed by atoms with E-state index in [0.29, 0.717) is 57.3 Å². The molecule has 1 N–H and O–H groups in total. The van der Waals surface area contributed by atoms with Crippen LogP contribution in [0.5, 0.6) is 0 Å². The number of benzene rings is 2. The third-order valence-electron chi connectivity index (χ3n) is 8.31. The van der Waals surface area contributed by atoms with Gasteiger partial charge in [-0.2, -0.15) is 0 Å². The molecule has 1 saturated carbocycles. The van der Waals surface area contributed by atoms with Crippen LogP contribution >= 0.6 is 0 Å². The van der Waals surface area contributed by atoms with Crippen LogP contribution in [0.4, 0.5) is 8.78 Å². The Morgan fingerprint density at radius 2 is 1.70 bits per heavy atom. The van der Waals surface area contributed by atoms with Gasteiger partial charge in [0.2, 0.25) is 11.8 Å². The van der Waals surface area contributed by atoms with Gasteiger partial charge < -0.3 is 10.2 Å². The lowest BCUT2D eigenvalue weighted by Crippen LogP contribution is -2.55. The minimum Gasteiger partial charge on any atom is -0.355 e. The third kappa shape index (κ3) is 3.83. The Morgan fingerprint density at radius 1 is 0.970 bits per heavy atom. The summed E-state index contributed by atoms with van der Waals surface area (Å²) in [5.41, 5.74) is 0.325. The maximum Gasteiger partial charge on any atom is 0.233 e. The summed E-state index contributed by atoms with van der Waals surface area (Å²) >= 11 is 0. The first-order valence-corrected chi connectivity index (χ1v) is 12.0. The molecule has 0 unspecified atom stereocenters. The summed E-state index contributed by atoms with van der Waals surface area (Å²) in [5, 5.41) is 2.95. The fourth-order valence-corrected chi connectivity index (χ4v) is 6.54. The van der Waals surface area contributed by atoms with Crippen molar-refractivity contribution in [3.8, 4) is 0 Å². The van der Waals surface area contributed by atoms with Crippen LogP contribution in [0.25, 0.3) is 0 Å². The predicted molar refractivity (Wildman–Crippen MR) is 122 cm³/mol. The van der Waals surface area contributed by atoms with Crippen LogP contribution in [0.3, 0.4) is 0 Å². The van der Waals surface area contributed by atoms with Crippen molar-refractivity contribution in [1.29, 1.82) is 0 Å². The second-order valence-electron chi connectivity index (χ2n) is 10.0. The van der Waals surface area contributed by atoms with E-state index in [-0.39, 0.29) is 34.8 Å². The number of likely N-dealkylation sites (tertiary alicyclic amines) is 1. The molecule has 33 heavy (non-hydrogen) atoms.